The summed E-state index contributed by atoms with van der Waals surface area (Å²) in [7, 11) is 0. The van der Waals surface area contributed by atoms with Gasteiger partial charge in [0.2, 0.25) is 5.91 Å². The van der Waals surface area contributed by atoms with E-state index in [0.717, 1.165) is 5.76 Å². The second-order valence-electron chi connectivity index (χ2n) is 4.90. The molecule has 1 N–H and O–H groups in total. The molecular weight excluding hydrogens is 348 g/mol. The van der Waals surface area contributed by atoms with Crippen molar-refractivity contribution in [3.8, 4) is 0 Å². The lowest BCUT2D eigenvalue weighted by Crippen LogP contribution is -2.24. The first-order valence-electron chi connectivity index (χ1n) is 7.67. The Kier molecular flexibility index (Phi) is 7.33. The molecule has 1 amide bonds. The third kappa shape index (κ3) is 5.68. The van der Waals surface area contributed by atoms with Gasteiger partial charge in [0.15, 0.2) is 5.13 Å². The van der Waals surface area contributed by atoms with Crippen molar-refractivity contribution in [2.45, 2.75) is 37.7 Å². The molecule has 2 aromatic rings. The number of thioether (sulfide) groups is 1. The summed E-state index contributed by atoms with van der Waals surface area (Å²) in [5, 5.41) is 4.88. The van der Waals surface area contributed by atoms with E-state index >= 15 is 0 Å². The number of nitrogens with zero attached hydrogens (tertiary/aromatic N) is 1. The number of carbonyl (C=O) groups is 2. The summed E-state index contributed by atoms with van der Waals surface area (Å²) in [6.45, 7) is 4.07. The van der Waals surface area contributed by atoms with Crippen LogP contribution in [0.4, 0.5) is 5.13 Å². The number of aromatic nitrogens is 1. The number of hydrogen-bond acceptors (Lipinski definition) is 7. The molecule has 24 heavy (non-hydrogen) atoms. The molecule has 1 atom stereocenters. The maximum Gasteiger partial charge on any atom is 0.311 e. The first-order valence-corrected chi connectivity index (χ1v) is 9.60. The van der Waals surface area contributed by atoms with Gasteiger partial charge in [0.25, 0.3) is 0 Å². The van der Waals surface area contributed by atoms with Crippen LogP contribution in [0.3, 0.4) is 0 Å². The molecule has 2 rings (SSSR count). The first kappa shape index (κ1) is 18.5. The average Bonchev–Trinajstić information content (AvgIpc) is 3.20. The van der Waals surface area contributed by atoms with Gasteiger partial charge in [0.05, 0.1) is 36.0 Å². The second-order valence-corrected chi connectivity index (χ2v) is 6.95. The summed E-state index contributed by atoms with van der Waals surface area (Å²) in [5.74, 6) is 1.08. The topological polar surface area (TPSA) is 81.4 Å². The van der Waals surface area contributed by atoms with Gasteiger partial charge in [-0.2, -0.15) is 0 Å². The quantitative estimate of drug-likeness (QED) is 0.682. The molecule has 0 aliphatic heterocycles. The number of carbonyl (C=O) groups excluding carboxylic acids is 2. The number of furan rings is 1. The number of nitrogens with one attached hydrogen (secondary N) is 1. The predicted molar refractivity (Wildman–Crippen MR) is 95.2 cm³/mol. The lowest BCUT2D eigenvalue weighted by atomic mass is 10.3. The minimum absolute atomic E-state index is 0.0916. The molecule has 8 heteroatoms. The maximum absolute atomic E-state index is 12.3. The van der Waals surface area contributed by atoms with Crippen molar-refractivity contribution >= 4 is 40.1 Å². The van der Waals surface area contributed by atoms with Gasteiger partial charge in [-0.1, -0.05) is 6.92 Å². The number of rotatable bonds is 9. The highest BCUT2D eigenvalue weighted by Crippen LogP contribution is 2.23. The molecule has 0 aromatic carbocycles. The third-order valence-electron chi connectivity index (χ3n) is 3.08. The lowest BCUT2D eigenvalue weighted by molar-refractivity contribution is -0.142. The van der Waals surface area contributed by atoms with Gasteiger partial charge in [0, 0.05) is 5.38 Å². The van der Waals surface area contributed by atoms with E-state index in [2.05, 4.69) is 10.3 Å². The molecule has 0 saturated heterocycles. The Balaban J connectivity index is 1.85. The zero-order chi connectivity index (χ0) is 17.4. The van der Waals surface area contributed by atoms with E-state index in [4.69, 9.17) is 9.15 Å². The number of esters is 1. The molecule has 1 unspecified atom stereocenters. The van der Waals surface area contributed by atoms with Crippen molar-refractivity contribution in [1.82, 2.24) is 4.98 Å². The summed E-state index contributed by atoms with van der Waals surface area (Å²) >= 11 is 2.83. The molecule has 0 saturated carbocycles. The second kappa shape index (κ2) is 9.48. The van der Waals surface area contributed by atoms with Crippen LogP contribution >= 0.6 is 23.1 Å². The summed E-state index contributed by atoms with van der Waals surface area (Å²) < 4.78 is 10.2. The Labute approximate surface area is 149 Å². The van der Waals surface area contributed by atoms with Crippen molar-refractivity contribution in [3.05, 3.63) is 35.2 Å². The number of ether oxygens (including phenoxy) is 1. The number of hydrogen-bond donors (Lipinski definition) is 1. The maximum atomic E-state index is 12.3. The smallest absolute Gasteiger partial charge is 0.311 e. The molecule has 130 valence electrons. The molecule has 2 aromatic heterocycles. The highest BCUT2D eigenvalue weighted by Gasteiger charge is 2.19. The fraction of sp³-hybridized carbons (Fsp3) is 0.438. The van der Waals surface area contributed by atoms with E-state index in [1.165, 1.54) is 23.1 Å². The van der Waals surface area contributed by atoms with Gasteiger partial charge >= 0.3 is 5.97 Å². The summed E-state index contributed by atoms with van der Waals surface area (Å²) in [4.78, 5) is 28.0. The van der Waals surface area contributed by atoms with Crippen LogP contribution in [-0.2, 0) is 26.5 Å². The highest BCUT2D eigenvalue weighted by atomic mass is 32.2. The molecule has 0 radical (unpaired) electrons. The van der Waals surface area contributed by atoms with Gasteiger partial charge in [-0.15, -0.1) is 23.1 Å². The Morgan fingerprint density at radius 3 is 2.96 bits per heavy atom. The number of anilines is 1. The first-order chi connectivity index (χ1) is 11.6. The fourth-order valence-corrected chi connectivity index (χ4v) is 3.64. The van der Waals surface area contributed by atoms with Gasteiger partial charge in [0.1, 0.15) is 5.76 Å². The molecule has 0 bridgehead atoms. The van der Waals surface area contributed by atoms with E-state index in [1.807, 2.05) is 19.1 Å². The molecule has 0 fully saturated rings. The van der Waals surface area contributed by atoms with E-state index in [1.54, 1.807) is 18.6 Å². The molecule has 2 heterocycles. The summed E-state index contributed by atoms with van der Waals surface area (Å²) in [5.41, 5.74) is 0.602. The molecular formula is C16H20N2O4S2. The summed E-state index contributed by atoms with van der Waals surface area (Å²) in [6.07, 6.45) is 2.44. The Bertz CT molecular complexity index is 655. The Morgan fingerprint density at radius 1 is 1.46 bits per heavy atom. The van der Waals surface area contributed by atoms with Crippen LogP contribution in [0, 0.1) is 0 Å². The third-order valence-corrected chi connectivity index (χ3v) is 5.29. The van der Waals surface area contributed by atoms with Gasteiger partial charge in [-0.25, -0.2) is 4.98 Å². The fourth-order valence-electron chi connectivity index (χ4n) is 1.95. The number of thiazole rings is 1. The minimum atomic E-state index is -0.318. The molecule has 0 aliphatic rings. The molecule has 6 nitrogen and oxygen atoms in total. The van der Waals surface area contributed by atoms with Gasteiger partial charge in [-0.3, -0.25) is 9.59 Å². The van der Waals surface area contributed by atoms with Crippen molar-refractivity contribution in [3.63, 3.8) is 0 Å². The SMILES string of the molecule is CCOC(=O)Cc1csc(NC(=O)C(CC)SCc2ccco2)n1. The predicted octanol–water partition coefficient (Wildman–Crippen LogP) is 3.49. The summed E-state index contributed by atoms with van der Waals surface area (Å²) in [6, 6.07) is 3.72. The van der Waals surface area contributed by atoms with Crippen LogP contribution < -0.4 is 5.32 Å². The van der Waals surface area contributed by atoms with Crippen LogP contribution in [0.5, 0.6) is 0 Å². The minimum Gasteiger partial charge on any atom is -0.468 e. The normalized spacial score (nSPS) is 11.9. The van der Waals surface area contributed by atoms with Crippen molar-refractivity contribution in [2.75, 3.05) is 11.9 Å². The van der Waals surface area contributed by atoms with Crippen molar-refractivity contribution in [2.24, 2.45) is 0 Å². The average molecular weight is 368 g/mol. The molecule has 0 aliphatic carbocycles. The van der Waals surface area contributed by atoms with Crippen LogP contribution in [0.1, 0.15) is 31.7 Å². The van der Waals surface area contributed by atoms with E-state index in [-0.39, 0.29) is 23.5 Å². The largest absolute Gasteiger partial charge is 0.468 e. The van der Waals surface area contributed by atoms with Crippen LogP contribution in [0.2, 0.25) is 0 Å². The Morgan fingerprint density at radius 2 is 2.29 bits per heavy atom. The number of amides is 1. The van der Waals surface area contributed by atoms with Crippen LogP contribution in [0.25, 0.3) is 0 Å². The standard InChI is InChI=1S/C16H20N2O4S2/c1-3-13(23-10-12-6-5-7-22-12)15(20)18-16-17-11(9-24-16)8-14(19)21-4-2/h5-7,9,13H,3-4,8,10H2,1-2H3,(H,17,18,20). The zero-order valence-electron chi connectivity index (χ0n) is 13.6. The van der Waals surface area contributed by atoms with Crippen LogP contribution in [-0.4, -0.2) is 28.7 Å². The van der Waals surface area contributed by atoms with E-state index in [9.17, 15) is 9.59 Å². The lowest BCUT2D eigenvalue weighted by Gasteiger charge is -2.12. The van der Waals surface area contributed by atoms with E-state index in [0.29, 0.717) is 29.6 Å². The van der Waals surface area contributed by atoms with Crippen molar-refractivity contribution in [1.29, 1.82) is 0 Å². The highest BCUT2D eigenvalue weighted by molar-refractivity contribution is 7.99. The zero-order valence-corrected chi connectivity index (χ0v) is 15.2. The van der Waals surface area contributed by atoms with Crippen LogP contribution in [0.15, 0.2) is 28.2 Å². The molecule has 0 spiro atoms. The Hall–Kier alpha value is -1.80. The van der Waals surface area contributed by atoms with Gasteiger partial charge < -0.3 is 14.5 Å². The van der Waals surface area contributed by atoms with Gasteiger partial charge in [-0.05, 0) is 25.5 Å². The van der Waals surface area contributed by atoms with E-state index < -0.39 is 0 Å². The monoisotopic (exact) mass is 368 g/mol. The van der Waals surface area contributed by atoms with Crippen molar-refractivity contribution < 1.29 is 18.7 Å².